The molecule has 0 saturated heterocycles. The molecule has 0 aromatic heterocycles. The number of carboxylic acids is 1. The van der Waals surface area contributed by atoms with E-state index in [9.17, 15) is 4.79 Å². The zero-order valence-corrected chi connectivity index (χ0v) is 7.01. The predicted molar refractivity (Wildman–Crippen MR) is 47.2 cm³/mol. The van der Waals surface area contributed by atoms with Crippen LogP contribution in [0.3, 0.4) is 0 Å². The molecule has 3 nitrogen and oxygen atoms in total. The monoisotopic (exact) mass is 185 g/mol. The predicted octanol–water partition coefficient (Wildman–Crippen LogP) is 1.55. The molecule has 0 heterocycles. The Morgan fingerprint density at radius 1 is 1.58 bits per heavy atom. The summed E-state index contributed by atoms with van der Waals surface area (Å²) in [5, 5.41) is 8.82. The molecule has 0 bridgehead atoms. The van der Waals surface area contributed by atoms with Gasteiger partial charge in [0.15, 0.2) is 0 Å². The molecule has 4 heteroatoms. The summed E-state index contributed by atoms with van der Waals surface area (Å²) in [6.07, 6.45) is -0.0934. The molecule has 0 atom stereocenters. The number of hydrogen-bond donors (Lipinski definition) is 2. The van der Waals surface area contributed by atoms with E-state index in [1.165, 1.54) is 0 Å². The molecule has 0 unspecified atom stereocenters. The first-order valence-corrected chi connectivity index (χ1v) is 3.73. The van der Waals surface area contributed by atoms with Crippen molar-refractivity contribution in [2.45, 2.75) is 6.42 Å². The van der Waals surface area contributed by atoms with Crippen molar-refractivity contribution in [2.75, 3.05) is 5.73 Å². The van der Waals surface area contributed by atoms with E-state index in [-0.39, 0.29) is 6.42 Å². The normalized spacial score (nSPS) is 9.75. The van der Waals surface area contributed by atoms with Crippen molar-refractivity contribution in [2.24, 2.45) is 0 Å². The maximum atomic E-state index is 10.3. The smallest absolute Gasteiger partial charge is 0.307 e. The quantitative estimate of drug-likeness (QED) is 0.688. The molecule has 1 aromatic carbocycles. The Bertz CT molecular complexity index is 312. The fourth-order valence-electron chi connectivity index (χ4n) is 0.899. The van der Waals surface area contributed by atoms with Crippen LogP contribution >= 0.6 is 11.6 Å². The molecule has 0 aliphatic carbocycles. The first-order valence-electron chi connectivity index (χ1n) is 3.36. The van der Waals surface area contributed by atoms with E-state index in [0.29, 0.717) is 16.3 Å². The molecule has 0 amide bonds. The number of aliphatic carboxylic acids is 1. The van der Waals surface area contributed by atoms with E-state index in [4.69, 9.17) is 22.4 Å². The minimum absolute atomic E-state index is 0.0934. The second-order valence-corrected chi connectivity index (χ2v) is 2.77. The Labute approximate surface area is 74.8 Å². The molecule has 0 saturated carbocycles. The Morgan fingerprint density at radius 3 is 2.83 bits per heavy atom. The van der Waals surface area contributed by atoms with Gasteiger partial charge in [0.25, 0.3) is 0 Å². The van der Waals surface area contributed by atoms with Crippen molar-refractivity contribution in [3.63, 3.8) is 0 Å². The fourth-order valence-corrected chi connectivity index (χ4v) is 1.09. The second kappa shape index (κ2) is 3.45. The Morgan fingerprint density at radius 2 is 2.25 bits per heavy atom. The summed E-state index contributed by atoms with van der Waals surface area (Å²) in [6.45, 7) is 0. The van der Waals surface area contributed by atoms with Gasteiger partial charge in [-0.2, -0.15) is 0 Å². The minimum Gasteiger partial charge on any atom is -0.481 e. The van der Waals surface area contributed by atoms with Gasteiger partial charge in [-0.3, -0.25) is 4.79 Å². The molecular formula is C8H8ClNO2. The van der Waals surface area contributed by atoms with Crippen LogP contribution < -0.4 is 5.73 Å². The topological polar surface area (TPSA) is 63.3 Å². The van der Waals surface area contributed by atoms with Gasteiger partial charge in [-0.05, 0) is 11.6 Å². The SMILES string of the molecule is Nc1cccc(CC(=O)O)c1Cl. The zero-order chi connectivity index (χ0) is 9.14. The number of nitrogen functional groups attached to an aromatic ring is 1. The van der Waals surface area contributed by atoms with Gasteiger partial charge in [0.05, 0.1) is 17.1 Å². The molecule has 0 spiro atoms. The highest BCUT2D eigenvalue weighted by Gasteiger charge is 2.06. The van der Waals surface area contributed by atoms with Crippen LogP contribution in [-0.2, 0) is 11.2 Å². The molecule has 3 N–H and O–H groups in total. The van der Waals surface area contributed by atoms with Crippen molar-refractivity contribution in [3.05, 3.63) is 28.8 Å². The molecule has 64 valence electrons. The molecule has 12 heavy (non-hydrogen) atoms. The third-order valence-electron chi connectivity index (χ3n) is 1.45. The summed E-state index contributed by atoms with van der Waals surface area (Å²) < 4.78 is 0. The first-order chi connectivity index (χ1) is 5.61. The van der Waals surface area contributed by atoms with Crippen molar-refractivity contribution >= 4 is 23.3 Å². The van der Waals surface area contributed by atoms with E-state index in [1.54, 1.807) is 18.2 Å². The maximum absolute atomic E-state index is 10.3. The van der Waals surface area contributed by atoms with Crippen LogP contribution in [0, 0.1) is 0 Å². The van der Waals surface area contributed by atoms with Crippen LogP contribution in [-0.4, -0.2) is 11.1 Å². The molecule has 0 aliphatic heterocycles. The number of halogens is 1. The van der Waals surface area contributed by atoms with Gasteiger partial charge in [0, 0.05) is 0 Å². The van der Waals surface area contributed by atoms with Gasteiger partial charge < -0.3 is 10.8 Å². The van der Waals surface area contributed by atoms with Crippen molar-refractivity contribution in [1.82, 2.24) is 0 Å². The third kappa shape index (κ3) is 1.89. The summed E-state index contributed by atoms with van der Waals surface area (Å²) >= 11 is 5.75. The molecule has 0 aliphatic rings. The number of anilines is 1. The minimum atomic E-state index is -0.914. The Kier molecular flexibility index (Phi) is 2.55. The average molecular weight is 186 g/mol. The van der Waals surface area contributed by atoms with Crippen LogP contribution in [0.5, 0.6) is 0 Å². The maximum Gasteiger partial charge on any atom is 0.307 e. The molecule has 0 fully saturated rings. The van der Waals surface area contributed by atoms with Crippen molar-refractivity contribution in [1.29, 1.82) is 0 Å². The van der Waals surface area contributed by atoms with E-state index >= 15 is 0 Å². The summed E-state index contributed by atoms with van der Waals surface area (Å²) in [5.74, 6) is -0.914. The Hall–Kier alpha value is -1.22. The van der Waals surface area contributed by atoms with E-state index in [0.717, 1.165) is 0 Å². The van der Waals surface area contributed by atoms with Crippen LogP contribution in [0.25, 0.3) is 0 Å². The van der Waals surface area contributed by atoms with Gasteiger partial charge in [0.2, 0.25) is 0 Å². The average Bonchev–Trinajstić information content (AvgIpc) is 1.98. The second-order valence-electron chi connectivity index (χ2n) is 2.39. The highest BCUT2D eigenvalue weighted by Crippen LogP contribution is 2.23. The number of nitrogens with two attached hydrogens (primary N) is 1. The summed E-state index contributed by atoms with van der Waals surface area (Å²) in [6, 6.07) is 4.96. The number of carbonyl (C=O) groups is 1. The van der Waals surface area contributed by atoms with E-state index < -0.39 is 5.97 Å². The summed E-state index contributed by atoms with van der Waals surface area (Å²) in [5.41, 5.74) is 6.43. The molecule has 1 aromatic rings. The van der Waals surface area contributed by atoms with Gasteiger partial charge in [-0.25, -0.2) is 0 Å². The highest BCUT2D eigenvalue weighted by atomic mass is 35.5. The summed E-state index contributed by atoms with van der Waals surface area (Å²) in [4.78, 5) is 10.3. The number of rotatable bonds is 2. The van der Waals surface area contributed by atoms with Crippen LogP contribution in [0.2, 0.25) is 5.02 Å². The molecule has 1 rings (SSSR count). The lowest BCUT2D eigenvalue weighted by atomic mass is 10.1. The van der Waals surface area contributed by atoms with Gasteiger partial charge in [0.1, 0.15) is 0 Å². The molecule has 0 radical (unpaired) electrons. The van der Waals surface area contributed by atoms with E-state index in [2.05, 4.69) is 0 Å². The lowest BCUT2D eigenvalue weighted by Crippen LogP contribution is -2.01. The van der Waals surface area contributed by atoms with Crippen LogP contribution in [0.1, 0.15) is 5.56 Å². The highest BCUT2D eigenvalue weighted by molar-refractivity contribution is 6.34. The standard InChI is InChI=1S/C8H8ClNO2/c9-8-5(4-7(11)12)2-1-3-6(8)10/h1-3H,4,10H2,(H,11,12). The largest absolute Gasteiger partial charge is 0.481 e. The lowest BCUT2D eigenvalue weighted by molar-refractivity contribution is -0.136. The van der Waals surface area contributed by atoms with Crippen LogP contribution in [0.4, 0.5) is 5.69 Å². The Balaban J connectivity index is 3.00. The number of carboxylic acid groups (broad SMARTS) is 1. The fraction of sp³-hybridized carbons (Fsp3) is 0.125. The van der Waals surface area contributed by atoms with Gasteiger partial charge in [-0.15, -0.1) is 0 Å². The number of hydrogen-bond acceptors (Lipinski definition) is 2. The number of benzene rings is 1. The lowest BCUT2D eigenvalue weighted by Gasteiger charge is -2.02. The zero-order valence-electron chi connectivity index (χ0n) is 6.25. The van der Waals surface area contributed by atoms with Gasteiger partial charge >= 0.3 is 5.97 Å². The van der Waals surface area contributed by atoms with Crippen LogP contribution in [0.15, 0.2) is 18.2 Å². The van der Waals surface area contributed by atoms with E-state index in [1.807, 2.05) is 0 Å². The van der Waals surface area contributed by atoms with Crippen molar-refractivity contribution < 1.29 is 9.90 Å². The summed E-state index contributed by atoms with van der Waals surface area (Å²) in [7, 11) is 0. The first kappa shape index (κ1) is 8.87. The third-order valence-corrected chi connectivity index (χ3v) is 1.91. The molecular weight excluding hydrogens is 178 g/mol. The van der Waals surface area contributed by atoms with Gasteiger partial charge in [-0.1, -0.05) is 23.7 Å². The van der Waals surface area contributed by atoms with Crippen molar-refractivity contribution in [3.8, 4) is 0 Å².